The zero-order chi connectivity index (χ0) is 21.1. The van der Waals surface area contributed by atoms with E-state index in [9.17, 15) is 20.0 Å². The number of carbonyl (C=O) groups is 1. The largest absolute Gasteiger partial charge is 0.502 e. The second-order valence-electron chi connectivity index (χ2n) is 6.90. The number of aliphatic imine (C=N–C) groups is 1. The van der Waals surface area contributed by atoms with E-state index in [4.69, 9.17) is 4.74 Å². The Morgan fingerprint density at radius 3 is 2.80 bits per heavy atom. The van der Waals surface area contributed by atoms with Crippen LogP contribution in [0.5, 0.6) is 5.75 Å². The standard InChI is InChI=1S/C21H19N3O5S/c25-18-9-8-14(11-17(18)24(27)28)12-19-20(26)23(13-16-7-4-10-29-16)21(30-19)22-15-5-2-1-3-6-15/h1-3,5-6,8-9,11-12,16,25H,4,7,10,13H2/b19-12+,22-21?/t16-/m1/s1. The lowest BCUT2D eigenvalue weighted by Gasteiger charge is -2.19. The summed E-state index contributed by atoms with van der Waals surface area (Å²) < 4.78 is 5.69. The third-order valence-corrected chi connectivity index (χ3v) is 5.78. The van der Waals surface area contributed by atoms with Gasteiger partial charge in [0.15, 0.2) is 10.9 Å². The number of aromatic hydroxyl groups is 1. The molecule has 0 radical (unpaired) electrons. The van der Waals surface area contributed by atoms with Gasteiger partial charge in [0.1, 0.15) is 0 Å². The monoisotopic (exact) mass is 425 g/mol. The van der Waals surface area contributed by atoms with Gasteiger partial charge < -0.3 is 9.84 Å². The van der Waals surface area contributed by atoms with Crippen molar-refractivity contribution < 1.29 is 19.6 Å². The number of nitrogens with zero attached hydrogens (tertiary/aromatic N) is 3. The summed E-state index contributed by atoms with van der Waals surface area (Å²) in [6, 6.07) is 13.4. The van der Waals surface area contributed by atoms with Gasteiger partial charge in [-0.1, -0.05) is 24.3 Å². The van der Waals surface area contributed by atoms with E-state index in [1.54, 1.807) is 11.0 Å². The molecule has 154 valence electrons. The van der Waals surface area contributed by atoms with Crippen molar-refractivity contribution in [3.8, 4) is 5.75 Å². The highest BCUT2D eigenvalue weighted by molar-refractivity contribution is 8.18. The molecular formula is C21H19N3O5S. The molecule has 0 saturated carbocycles. The molecule has 9 heteroatoms. The molecule has 1 amide bonds. The Morgan fingerprint density at radius 1 is 1.30 bits per heavy atom. The fourth-order valence-corrected chi connectivity index (χ4v) is 4.29. The predicted octanol–water partition coefficient (Wildman–Crippen LogP) is 4.08. The van der Waals surface area contributed by atoms with Crippen molar-refractivity contribution in [1.82, 2.24) is 4.90 Å². The molecule has 1 N–H and O–H groups in total. The van der Waals surface area contributed by atoms with Gasteiger partial charge in [0.25, 0.3) is 5.91 Å². The average Bonchev–Trinajstić information content (AvgIpc) is 3.34. The number of hydrogen-bond acceptors (Lipinski definition) is 7. The summed E-state index contributed by atoms with van der Waals surface area (Å²) in [6.07, 6.45) is 3.39. The summed E-state index contributed by atoms with van der Waals surface area (Å²) in [7, 11) is 0. The van der Waals surface area contributed by atoms with Crippen LogP contribution in [0.15, 0.2) is 58.4 Å². The first kappa shape index (κ1) is 20.1. The van der Waals surface area contributed by atoms with Crippen molar-refractivity contribution >= 4 is 40.3 Å². The lowest BCUT2D eigenvalue weighted by molar-refractivity contribution is -0.385. The van der Waals surface area contributed by atoms with Crippen LogP contribution < -0.4 is 0 Å². The van der Waals surface area contributed by atoms with Crippen molar-refractivity contribution in [2.24, 2.45) is 4.99 Å². The molecule has 0 spiro atoms. The van der Waals surface area contributed by atoms with E-state index in [-0.39, 0.29) is 12.0 Å². The van der Waals surface area contributed by atoms with Gasteiger partial charge in [0.05, 0.1) is 28.2 Å². The molecule has 0 aliphatic carbocycles. The molecule has 2 aromatic rings. The SMILES string of the molecule is O=C1/C(=C\c2ccc(O)c([N+](=O)[O-])c2)SC(=Nc2ccccc2)N1C[C@H]1CCCO1. The van der Waals surface area contributed by atoms with Crippen LogP contribution >= 0.6 is 11.8 Å². The van der Waals surface area contributed by atoms with Crippen LogP contribution in [-0.2, 0) is 9.53 Å². The van der Waals surface area contributed by atoms with Crippen LogP contribution in [0, 0.1) is 10.1 Å². The zero-order valence-corrected chi connectivity index (χ0v) is 16.7. The molecule has 1 atom stereocenters. The molecule has 2 aliphatic heterocycles. The second kappa shape index (κ2) is 8.68. The summed E-state index contributed by atoms with van der Waals surface area (Å²) in [5.41, 5.74) is 0.772. The summed E-state index contributed by atoms with van der Waals surface area (Å²) in [5, 5.41) is 21.3. The maximum Gasteiger partial charge on any atom is 0.311 e. The number of nitro benzene ring substituents is 1. The van der Waals surface area contributed by atoms with Gasteiger partial charge in [-0.15, -0.1) is 0 Å². The highest BCUT2D eigenvalue weighted by Crippen LogP contribution is 2.36. The highest BCUT2D eigenvalue weighted by Gasteiger charge is 2.36. The molecule has 2 saturated heterocycles. The molecule has 2 fully saturated rings. The second-order valence-corrected chi connectivity index (χ2v) is 7.91. The highest BCUT2D eigenvalue weighted by atomic mass is 32.2. The topological polar surface area (TPSA) is 105 Å². The van der Waals surface area contributed by atoms with E-state index in [1.165, 1.54) is 30.0 Å². The quantitative estimate of drug-likeness (QED) is 0.440. The number of carbonyl (C=O) groups excluding carboxylic acids is 1. The first-order valence-corrected chi connectivity index (χ1v) is 10.3. The van der Waals surface area contributed by atoms with E-state index in [0.717, 1.165) is 18.5 Å². The maximum atomic E-state index is 13.1. The number of para-hydroxylation sites is 1. The van der Waals surface area contributed by atoms with E-state index in [1.807, 2.05) is 30.3 Å². The molecule has 2 aromatic carbocycles. The average molecular weight is 425 g/mol. The van der Waals surface area contributed by atoms with E-state index < -0.39 is 16.4 Å². The Balaban J connectivity index is 1.67. The zero-order valence-electron chi connectivity index (χ0n) is 15.9. The summed E-state index contributed by atoms with van der Waals surface area (Å²) in [6.45, 7) is 1.09. The van der Waals surface area contributed by atoms with E-state index >= 15 is 0 Å². The van der Waals surface area contributed by atoms with Gasteiger partial charge in [-0.25, -0.2) is 4.99 Å². The first-order chi connectivity index (χ1) is 14.5. The van der Waals surface area contributed by atoms with Crippen molar-refractivity contribution in [2.75, 3.05) is 13.2 Å². The number of phenolic OH excluding ortho intramolecular Hbond substituents is 1. The number of ether oxygens (including phenoxy) is 1. The minimum Gasteiger partial charge on any atom is -0.502 e. The van der Waals surface area contributed by atoms with Crippen molar-refractivity contribution in [3.05, 3.63) is 69.1 Å². The fourth-order valence-electron chi connectivity index (χ4n) is 3.29. The first-order valence-electron chi connectivity index (χ1n) is 9.45. The molecule has 2 aliphatic rings. The number of amides is 1. The smallest absolute Gasteiger partial charge is 0.311 e. The number of benzene rings is 2. The van der Waals surface area contributed by atoms with Gasteiger partial charge in [-0.05, 0) is 54.4 Å². The van der Waals surface area contributed by atoms with Gasteiger partial charge in [0, 0.05) is 12.7 Å². The van der Waals surface area contributed by atoms with Crippen LogP contribution in [-0.4, -0.2) is 45.3 Å². The molecular weight excluding hydrogens is 406 g/mol. The number of thioether (sulfide) groups is 1. The number of rotatable bonds is 5. The van der Waals surface area contributed by atoms with Crippen LogP contribution in [0.1, 0.15) is 18.4 Å². The lowest BCUT2D eigenvalue weighted by Crippen LogP contribution is -2.36. The van der Waals surface area contributed by atoms with E-state index in [2.05, 4.69) is 4.99 Å². The Kier molecular flexibility index (Phi) is 5.82. The molecule has 0 aromatic heterocycles. The Bertz CT molecular complexity index is 1030. The van der Waals surface area contributed by atoms with Crippen LogP contribution in [0.3, 0.4) is 0 Å². The van der Waals surface area contributed by atoms with Crippen molar-refractivity contribution in [3.63, 3.8) is 0 Å². The van der Waals surface area contributed by atoms with Gasteiger partial charge in [-0.3, -0.25) is 19.8 Å². The third-order valence-electron chi connectivity index (χ3n) is 4.77. The van der Waals surface area contributed by atoms with E-state index in [0.29, 0.717) is 28.8 Å². The molecule has 0 bridgehead atoms. The minimum absolute atomic E-state index is 0.0374. The Morgan fingerprint density at radius 2 is 2.10 bits per heavy atom. The molecule has 4 rings (SSSR count). The number of amidine groups is 1. The van der Waals surface area contributed by atoms with Crippen molar-refractivity contribution in [1.29, 1.82) is 0 Å². The van der Waals surface area contributed by atoms with Crippen LogP contribution in [0.4, 0.5) is 11.4 Å². The van der Waals surface area contributed by atoms with Crippen LogP contribution in [0.2, 0.25) is 0 Å². The normalized spacial score (nSPS) is 21.7. The summed E-state index contributed by atoms with van der Waals surface area (Å²) >= 11 is 1.22. The molecule has 0 unspecified atom stereocenters. The van der Waals surface area contributed by atoms with Gasteiger partial charge in [0.2, 0.25) is 0 Å². The number of nitro groups is 1. The summed E-state index contributed by atoms with van der Waals surface area (Å²) in [5.74, 6) is -0.639. The minimum atomic E-state index is -0.660. The van der Waals surface area contributed by atoms with Crippen molar-refractivity contribution in [2.45, 2.75) is 18.9 Å². The number of hydrogen-bond donors (Lipinski definition) is 1. The molecule has 8 nitrogen and oxygen atoms in total. The summed E-state index contributed by atoms with van der Waals surface area (Å²) in [4.78, 5) is 30.2. The fraction of sp³-hybridized carbons (Fsp3) is 0.238. The molecule has 2 heterocycles. The Hall–Kier alpha value is -3.17. The van der Waals surface area contributed by atoms with Gasteiger partial charge in [-0.2, -0.15) is 0 Å². The predicted molar refractivity (Wildman–Crippen MR) is 115 cm³/mol. The molecule has 30 heavy (non-hydrogen) atoms. The lowest BCUT2D eigenvalue weighted by atomic mass is 10.1. The number of phenols is 1. The Labute approximate surface area is 177 Å². The third kappa shape index (κ3) is 4.37. The van der Waals surface area contributed by atoms with Gasteiger partial charge >= 0.3 is 5.69 Å². The maximum absolute atomic E-state index is 13.1. The van der Waals surface area contributed by atoms with Crippen LogP contribution in [0.25, 0.3) is 6.08 Å².